The summed E-state index contributed by atoms with van der Waals surface area (Å²) in [6.07, 6.45) is 2.76. The molecule has 1 aromatic heterocycles. The number of carbonyl (C=O) groups excluding carboxylic acids is 1. The molecule has 1 heterocycles. The van der Waals surface area contributed by atoms with Crippen LogP contribution in [0.25, 0.3) is 10.9 Å². The first kappa shape index (κ1) is 16.9. The average Bonchev–Trinajstić information content (AvgIpc) is 3.03. The fraction of sp³-hybridized carbons (Fsp3) is 0.250. The molecule has 0 atom stereocenters. The van der Waals surface area contributed by atoms with Gasteiger partial charge in [-0.2, -0.15) is 0 Å². The predicted molar refractivity (Wildman–Crippen MR) is 98.6 cm³/mol. The minimum Gasteiger partial charge on any atom is -0.497 e. The molecule has 0 saturated heterocycles. The molecular formula is C20H22N2O3. The van der Waals surface area contributed by atoms with Crippen LogP contribution in [-0.4, -0.2) is 31.7 Å². The van der Waals surface area contributed by atoms with E-state index in [9.17, 15) is 4.79 Å². The second-order valence-electron chi connectivity index (χ2n) is 5.94. The van der Waals surface area contributed by atoms with E-state index in [2.05, 4.69) is 35.4 Å². The Hall–Kier alpha value is -2.95. The highest BCUT2D eigenvalue weighted by molar-refractivity contribution is 5.97. The van der Waals surface area contributed by atoms with E-state index in [-0.39, 0.29) is 5.91 Å². The predicted octanol–water partition coefficient (Wildman–Crippen LogP) is 3.47. The van der Waals surface area contributed by atoms with Crippen LogP contribution in [0.1, 0.15) is 21.5 Å². The van der Waals surface area contributed by atoms with Crippen LogP contribution in [0, 0.1) is 6.92 Å². The summed E-state index contributed by atoms with van der Waals surface area (Å²) in [5.41, 5.74) is 4.03. The molecule has 1 amide bonds. The molecule has 3 aromatic rings. The number of ether oxygens (including phenoxy) is 2. The van der Waals surface area contributed by atoms with E-state index in [0.717, 1.165) is 11.9 Å². The standard InChI is InChI=1S/C20H22N2O3/c1-13-4-7-18-17(10-13)14(12-22-18)8-9-21-20(23)16-6-5-15(24-2)11-19(16)25-3/h4-7,10-12,22H,8-9H2,1-3H3,(H,21,23). The minimum absolute atomic E-state index is 0.157. The highest BCUT2D eigenvalue weighted by atomic mass is 16.5. The number of H-pyrrole nitrogens is 1. The number of benzene rings is 2. The molecule has 0 radical (unpaired) electrons. The number of amides is 1. The van der Waals surface area contributed by atoms with E-state index in [1.807, 2.05) is 6.20 Å². The highest BCUT2D eigenvalue weighted by Crippen LogP contribution is 2.24. The van der Waals surface area contributed by atoms with Gasteiger partial charge in [-0.1, -0.05) is 11.6 Å². The fourth-order valence-corrected chi connectivity index (χ4v) is 2.89. The lowest BCUT2D eigenvalue weighted by atomic mass is 10.1. The van der Waals surface area contributed by atoms with Crippen LogP contribution in [0.2, 0.25) is 0 Å². The van der Waals surface area contributed by atoms with E-state index in [1.165, 1.54) is 16.5 Å². The lowest BCUT2D eigenvalue weighted by Crippen LogP contribution is -2.26. The van der Waals surface area contributed by atoms with Gasteiger partial charge in [0, 0.05) is 29.7 Å². The molecule has 5 heteroatoms. The van der Waals surface area contributed by atoms with Crippen molar-refractivity contribution in [2.75, 3.05) is 20.8 Å². The van der Waals surface area contributed by atoms with Crippen LogP contribution in [0.5, 0.6) is 11.5 Å². The van der Waals surface area contributed by atoms with Crippen molar-refractivity contribution >= 4 is 16.8 Å². The first-order valence-electron chi connectivity index (χ1n) is 8.19. The molecule has 0 aliphatic heterocycles. The summed E-state index contributed by atoms with van der Waals surface area (Å²) in [6, 6.07) is 11.5. The van der Waals surface area contributed by atoms with Gasteiger partial charge in [-0.25, -0.2) is 0 Å². The largest absolute Gasteiger partial charge is 0.497 e. The molecule has 25 heavy (non-hydrogen) atoms. The number of hydrogen-bond acceptors (Lipinski definition) is 3. The number of aromatic amines is 1. The summed E-state index contributed by atoms with van der Waals surface area (Å²) in [4.78, 5) is 15.7. The molecule has 3 rings (SSSR count). The Morgan fingerprint density at radius 1 is 1.12 bits per heavy atom. The minimum atomic E-state index is -0.157. The number of rotatable bonds is 6. The zero-order valence-corrected chi connectivity index (χ0v) is 14.7. The Morgan fingerprint density at radius 3 is 2.72 bits per heavy atom. The van der Waals surface area contributed by atoms with Crippen molar-refractivity contribution in [3.63, 3.8) is 0 Å². The van der Waals surface area contributed by atoms with Crippen molar-refractivity contribution in [3.05, 3.63) is 59.3 Å². The third kappa shape index (κ3) is 3.60. The number of aromatic nitrogens is 1. The third-order valence-electron chi connectivity index (χ3n) is 4.26. The number of methoxy groups -OCH3 is 2. The molecule has 0 saturated carbocycles. The quantitative estimate of drug-likeness (QED) is 0.723. The van der Waals surface area contributed by atoms with Gasteiger partial charge in [0.1, 0.15) is 11.5 Å². The Bertz CT molecular complexity index is 899. The number of aryl methyl sites for hydroxylation is 1. The van der Waals surface area contributed by atoms with E-state index in [0.29, 0.717) is 23.6 Å². The third-order valence-corrected chi connectivity index (χ3v) is 4.26. The monoisotopic (exact) mass is 338 g/mol. The van der Waals surface area contributed by atoms with Crippen LogP contribution in [-0.2, 0) is 6.42 Å². The normalized spacial score (nSPS) is 10.7. The molecular weight excluding hydrogens is 316 g/mol. The summed E-state index contributed by atoms with van der Waals surface area (Å²) in [7, 11) is 3.12. The van der Waals surface area contributed by atoms with E-state index >= 15 is 0 Å². The Balaban J connectivity index is 1.67. The van der Waals surface area contributed by atoms with Crippen LogP contribution < -0.4 is 14.8 Å². The van der Waals surface area contributed by atoms with Crippen molar-refractivity contribution in [2.45, 2.75) is 13.3 Å². The molecule has 0 unspecified atom stereocenters. The zero-order chi connectivity index (χ0) is 17.8. The fourth-order valence-electron chi connectivity index (χ4n) is 2.89. The van der Waals surface area contributed by atoms with E-state index < -0.39 is 0 Å². The van der Waals surface area contributed by atoms with Crippen LogP contribution >= 0.6 is 0 Å². The maximum absolute atomic E-state index is 12.4. The molecule has 2 N–H and O–H groups in total. The number of hydrogen-bond donors (Lipinski definition) is 2. The lowest BCUT2D eigenvalue weighted by Gasteiger charge is -2.10. The maximum Gasteiger partial charge on any atom is 0.255 e. The van der Waals surface area contributed by atoms with Crippen molar-refractivity contribution < 1.29 is 14.3 Å². The molecule has 0 aliphatic rings. The zero-order valence-electron chi connectivity index (χ0n) is 14.7. The molecule has 2 aromatic carbocycles. The van der Waals surface area contributed by atoms with Gasteiger partial charge in [-0.15, -0.1) is 0 Å². The van der Waals surface area contributed by atoms with Crippen LogP contribution in [0.4, 0.5) is 0 Å². The smallest absolute Gasteiger partial charge is 0.255 e. The van der Waals surface area contributed by atoms with Gasteiger partial charge in [0.2, 0.25) is 0 Å². The van der Waals surface area contributed by atoms with Gasteiger partial charge < -0.3 is 19.8 Å². The summed E-state index contributed by atoms with van der Waals surface area (Å²) in [5.74, 6) is 0.998. The first-order valence-corrected chi connectivity index (χ1v) is 8.19. The van der Waals surface area contributed by atoms with Gasteiger partial charge in [-0.3, -0.25) is 4.79 Å². The van der Waals surface area contributed by atoms with Crippen molar-refractivity contribution in [2.24, 2.45) is 0 Å². The van der Waals surface area contributed by atoms with Crippen molar-refractivity contribution in [3.8, 4) is 11.5 Å². The van der Waals surface area contributed by atoms with Crippen molar-refractivity contribution in [1.29, 1.82) is 0 Å². The Kier molecular flexibility index (Phi) is 4.93. The molecule has 130 valence electrons. The van der Waals surface area contributed by atoms with Crippen LogP contribution in [0.15, 0.2) is 42.6 Å². The molecule has 0 bridgehead atoms. The van der Waals surface area contributed by atoms with E-state index in [4.69, 9.17) is 9.47 Å². The van der Waals surface area contributed by atoms with Gasteiger partial charge in [0.15, 0.2) is 0 Å². The average molecular weight is 338 g/mol. The molecule has 0 spiro atoms. The maximum atomic E-state index is 12.4. The number of fused-ring (bicyclic) bond motifs is 1. The van der Waals surface area contributed by atoms with Gasteiger partial charge in [-0.05, 0) is 43.2 Å². The highest BCUT2D eigenvalue weighted by Gasteiger charge is 2.13. The second kappa shape index (κ2) is 7.30. The summed E-state index contributed by atoms with van der Waals surface area (Å²) < 4.78 is 10.4. The Labute approximate surface area is 147 Å². The van der Waals surface area contributed by atoms with Crippen molar-refractivity contribution in [1.82, 2.24) is 10.3 Å². The van der Waals surface area contributed by atoms with Gasteiger partial charge in [0.05, 0.1) is 19.8 Å². The SMILES string of the molecule is COc1ccc(C(=O)NCCc2c[nH]c3ccc(C)cc23)c(OC)c1. The van der Waals surface area contributed by atoms with E-state index in [1.54, 1.807) is 32.4 Å². The molecule has 0 fully saturated rings. The lowest BCUT2D eigenvalue weighted by molar-refractivity contribution is 0.0951. The summed E-state index contributed by atoms with van der Waals surface area (Å²) in [5, 5.41) is 4.16. The second-order valence-corrected chi connectivity index (χ2v) is 5.94. The summed E-state index contributed by atoms with van der Waals surface area (Å²) in [6.45, 7) is 2.63. The molecule has 0 aliphatic carbocycles. The number of nitrogens with one attached hydrogen (secondary N) is 2. The number of carbonyl (C=O) groups is 1. The van der Waals surface area contributed by atoms with Gasteiger partial charge in [0.25, 0.3) is 5.91 Å². The molecule has 5 nitrogen and oxygen atoms in total. The summed E-state index contributed by atoms with van der Waals surface area (Å²) >= 11 is 0. The van der Waals surface area contributed by atoms with Gasteiger partial charge >= 0.3 is 0 Å². The first-order chi connectivity index (χ1) is 12.1. The Morgan fingerprint density at radius 2 is 1.96 bits per heavy atom. The van der Waals surface area contributed by atoms with Crippen LogP contribution in [0.3, 0.4) is 0 Å². The topological polar surface area (TPSA) is 63.3 Å².